The first-order valence-corrected chi connectivity index (χ1v) is 5.13. The third-order valence-electron chi connectivity index (χ3n) is 2.33. The number of rotatable bonds is 5. The van der Waals surface area contributed by atoms with Crippen molar-refractivity contribution in [3.8, 4) is 11.5 Å². The van der Waals surface area contributed by atoms with Crippen LogP contribution in [0.2, 0.25) is 0 Å². The maximum absolute atomic E-state index is 9.94. The van der Waals surface area contributed by atoms with Crippen LogP contribution in [0.1, 0.15) is 11.7 Å². The molecule has 1 aromatic rings. The number of aliphatic hydroxyl groups is 1. The molecule has 0 aliphatic heterocycles. The summed E-state index contributed by atoms with van der Waals surface area (Å²) in [4.78, 5) is 1.93. The van der Waals surface area contributed by atoms with Crippen LogP contribution in [-0.4, -0.2) is 44.9 Å². The molecule has 4 heteroatoms. The van der Waals surface area contributed by atoms with Gasteiger partial charge in [0.2, 0.25) is 0 Å². The van der Waals surface area contributed by atoms with Crippen LogP contribution in [0.25, 0.3) is 0 Å². The van der Waals surface area contributed by atoms with Crippen LogP contribution in [0.5, 0.6) is 11.5 Å². The van der Waals surface area contributed by atoms with Crippen molar-refractivity contribution >= 4 is 0 Å². The Kier molecular flexibility index (Phi) is 4.58. The fourth-order valence-electron chi connectivity index (χ4n) is 1.51. The highest BCUT2D eigenvalue weighted by Gasteiger charge is 2.12. The summed E-state index contributed by atoms with van der Waals surface area (Å²) in [6, 6.07) is 5.44. The standard InChI is InChI=1S/C12H19NO3/c1-13(2)8-10(14)9-5-6-11(15-3)12(7-9)16-4/h5-7,10,14H,8H2,1-4H3/i5+1. The monoisotopic (exact) mass is 226 g/mol. The van der Waals surface area contributed by atoms with Gasteiger partial charge in [-0.1, -0.05) is 6.07 Å². The van der Waals surface area contributed by atoms with E-state index in [1.165, 1.54) is 0 Å². The van der Waals surface area contributed by atoms with E-state index in [0.717, 1.165) is 5.56 Å². The highest BCUT2D eigenvalue weighted by molar-refractivity contribution is 5.43. The van der Waals surface area contributed by atoms with Gasteiger partial charge in [-0.05, 0) is 31.8 Å². The van der Waals surface area contributed by atoms with Crippen molar-refractivity contribution in [1.82, 2.24) is 4.90 Å². The number of ether oxygens (including phenoxy) is 2. The third kappa shape index (κ3) is 3.12. The quantitative estimate of drug-likeness (QED) is 0.821. The minimum atomic E-state index is -0.519. The fraction of sp³-hybridized carbons (Fsp3) is 0.500. The second-order valence-corrected chi connectivity index (χ2v) is 3.89. The summed E-state index contributed by atoms with van der Waals surface area (Å²) in [5, 5.41) is 9.94. The number of hydrogen-bond acceptors (Lipinski definition) is 4. The number of benzene rings is 1. The molecule has 0 aromatic heterocycles. The van der Waals surface area contributed by atoms with Gasteiger partial charge in [0.1, 0.15) is 0 Å². The van der Waals surface area contributed by atoms with Gasteiger partial charge in [-0.3, -0.25) is 0 Å². The zero-order chi connectivity index (χ0) is 12.1. The molecule has 4 nitrogen and oxygen atoms in total. The van der Waals surface area contributed by atoms with Gasteiger partial charge in [0.15, 0.2) is 11.5 Å². The van der Waals surface area contributed by atoms with Crippen molar-refractivity contribution in [3.05, 3.63) is 23.8 Å². The second-order valence-electron chi connectivity index (χ2n) is 3.89. The molecule has 0 aliphatic rings. The Morgan fingerprint density at radius 2 is 1.81 bits per heavy atom. The Morgan fingerprint density at radius 1 is 1.19 bits per heavy atom. The topological polar surface area (TPSA) is 41.9 Å². The molecule has 0 amide bonds. The predicted octanol–water partition coefficient (Wildman–Crippen LogP) is 1.30. The van der Waals surface area contributed by atoms with E-state index in [1.807, 2.05) is 25.1 Å². The maximum Gasteiger partial charge on any atom is 0.161 e. The van der Waals surface area contributed by atoms with Crippen LogP contribution in [0.15, 0.2) is 18.2 Å². The fourth-order valence-corrected chi connectivity index (χ4v) is 1.51. The lowest BCUT2D eigenvalue weighted by Gasteiger charge is -2.17. The van der Waals surface area contributed by atoms with Crippen LogP contribution < -0.4 is 9.47 Å². The minimum absolute atomic E-state index is 0.519. The Balaban J connectivity index is 2.89. The van der Waals surface area contributed by atoms with Crippen molar-refractivity contribution in [3.63, 3.8) is 0 Å². The minimum Gasteiger partial charge on any atom is -0.493 e. The summed E-state index contributed by atoms with van der Waals surface area (Å²) >= 11 is 0. The normalized spacial score (nSPS) is 12.6. The van der Waals surface area contributed by atoms with Crippen LogP contribution in [0.3, 0.4) is 0 Å². The molecule has 0 heterocycles. The van der Waals surface area contributed by atoms with E-state index >= 15 is 0 Å². The lowest BCUT2D eigenvalue weighted by Crippen LogP contribution is -2.20. The van der Waals surface area contributed by atoms with Crippen molar-refractivity contribution in [2.24, 2.45) is 0 Å². The van der Waals surface area contributed by atoms with Crippen molar-refractivity contribution in [2.45, 2.75) is 6.10 Å². The van der Waals surface area contributed by atoms with Crippen LogP contribution >= 0.6 is 0 Å². The number of likely N-dealkylation sites (N-methyl/N-ethyl adjacent to an activating group) is 1. The summed E-state index contributed by atoms with van der Waals surface area (Å²) in [7, 11) is 7.02. The Hall–Kier alpha value is -1.26. The maximum atomic E-state index is 9.94. The molecule has 1 atom stereocenters. The van der Waals surface area contributed by atoms with Gasteiger partial charge in [0, 0.05) is 6.54 Å². The van der Waals surface area contributed by atoms with E-state index < -0.39 is 6.10 Å². The molecule has 0 saturated carbocycles. The van der Waals surface area contributed by atoms with Crippen LogP contribution in [0.4, 0.5) is 0 Å². The lowest BCUT2D eigenvalue weighted by molar-refractivity contribution is 0.138. The van der Waals surface area contributed by atoms with Gasteiger partial charge >= 0.3 is 0 Å². The molecular formula is C12H19NO3. The van der Waals surface area contributed by atoms with Crippen LogP contribution in [0, 0.1) is 0 Å². The zero-order valence-corrected chi connectivity index (χ0v) is 10.2. The number of hydrogen-bond donors (Lipinski definition) is 1. The Morgan fingerprint density at radius 3 is 2.31 bits per heavy atom. The molecule has 0 radical (unpaired) electrons. The number of aliphatic hydroxyl groups excluding tert-OH is 1. The summed E-state index contributed by atoms with van der Waals surface area (Å²) < 4.78 is 10.3. The Bertz CT molecular complexity index is 339. The van der Waals surface area contributed by atoms with E-state index in [2.05, 4.69) is 0 Å². The summed E-state index contributed by atoms with van der Waals surface area (Å²) in [5.41, 5.74) is 0.825. The van der Waals surface area contributed by atoms with E-state index in [4.69, 9.17) is 9.47 Å². The molecule has 0 bridgehead atoms. The van der Waals surface area contributed by atoms with Gasteiger partial charge in [-0.25, -0.2) is 0 Å². The van der Waals surface area contributed by atoms with Crippen LogP contribution in [-0.2, 0) is 0 Å². The molecule has 1 rings (SSSR count). The SMILES string of the molecule is COc1c[13cH]c(C(O)CN(C)C)cc1OC. The van der Waals surface area contributed by atoms with Crippen molar-refractivity contribution in [2.75, 3.05) is 34.9 Å². The molecule has 0 fully saturated rings. The van der Waals surface area contributed by atoms with Gasteiger partial charge < -0.3 is 19.5 Å². The molecule has 1 N–H and O–H groups in total. The number of nitrogens with zero attached hydrogens (tertiary/aromatic N) is 1. The Labute approximate surface area is 96.4 Å². The highest BCUT2D eigenvalue weighted by atomic mass is 16.5. The second kappa shape index (κ2) is 5.72. The van der Waals surface area contributed by atoms with E-state index in [9.17, 15) is 5.11 Å². The van der Waals surface area contributed by atoms with Gasteiger partial charge in [0.05, 0.1) is 20.3 Å². The predicted molar refractivity (Wildman–Crippen MR) is 63.1 cm³/mol. The van der Waals surface area contributed by atoms with Gasteiger partial charge in [-0.15, -0.1) is 0 Å². The van der Waals surface area contributed by atoms with Crippen molar-refractivity contribution in [1.29, 1.82) is 0 Å². The smallest absolute Gasteiger partial charge is 0.161 e. The van der Waals surface area contributed by atoms with Gasteiger partial charge in [0.25, 0.3) is 0 Å². The molecule has 0 aliphatic carbocycles. The molecule has 0 saturated heterocycles. The zero-order valence-electron chi connectivity index (χ0n) is 10.2. The van der Waals surface area contributed by atoms with E-state index in [-0.39, 0.29) is 0 Å². The largest absolute Gasteiger partial charge is 0.493 e. The third-order valence-corrected chi connectivity index (χ3v) is 2.33. The number of methoxy groups -OCH3 is 2. The summed E-state index contributed by atoms with van der Waals surface area (Å²) in [6.45, 7) is 0.579. The first-order chi connectivity index (χ1) is 7.58. The molecule has 0 spiro atoms. The first-order valence-electron chi connectivity index (χ1n) is 5.13. The molecule has 1 aromatic carbocycles. The van der Waals surface area contributed by atoms with Crippen molar-refractivity contribution < 1.29 is 14.6 Å². The first kappa shape index (κ1) is 12.8. The average Bonchev–Trinajstić information content (AvgIpc) is 2.27. The molecular weight excluding hydrogens is 207 g/mol. The summed E-state index contributed by atoms with van der Waals surface area (Å²) in [5.74, 6) is 1.31. The van der Waals surface area contributed by atoms with Gasteiger partial charge in [-0.2, -0.15) is 0 Å². The van der Waals surface area contributed by atoms with E-state index in [0.29, 0.717) is 18.0 Å². The molecule has 1 unspecified atom stereocenters. The highest BCUT2D eigenvalue weighted by Crippen LogP contribution is 2.29. The molecule has 90 valence electrons. The summed E-state index contributed by atoms with van der Waals surface area (Å²) in [6.07, 6.45) is -0.519. The molecule has 16 heavy (non-hydrogen) atoms. The van der Waals surface area contributed by atoms with E-state index in [1.54, 1.807) is 26.4 Å². The average molecular weight is 226 g/mol. The lowest BCUT2D eigenvalue weighted by atomic mass is 10.2.